The van der Waals surface area contributed by atoms with Crippen molar-refractivity contribution in [2.24, 2.45) is 7.05 Å². The summed E-state index contributed by atoms with van der Waals surface area (Å²) in [7, 11) is 1.74. The lowest BCUT2D eigenvalue weighted by atomic mass is 10.1. The molecule has 5 nitrogen and oxygen atoms in total. The molecule has 0 bridgehead atoms. The molecule has 4 rings (SSSR count). The number of aromatic nitrogens is 3. The average Bonchev–Trinajstić information content (AvgIpc) is 3.05. The Morgan fingerprint density at radius 3 is 2.61 bits per heavy atom. The van der Waals surface area contributed by atoms with E-state index in [-0.39, 0.29) is 5.56 Å². The standard InChI is InChI=1S/C17H18N4OS/c1-20-17(22)14-13(12-5-7-18-8-6-12)11-23-15(14)16(19-20)21-9-3-2-4-10-21/h5-8,11H,2-4,9-10H2,1H3. The van der Waals surface area contributed by atoms with Crippen molar-refractivity contribution in [2.45, 2.75) is 19.3 Å². The first-order valence-corrected chi connectivity index (χ1v) is 8.77. The fraction of sp³-hybridized carbons (Fsp3) is 0.353. The van der Waals surface area contributed by atoms with Crippen LogP contribution in [0.3, 0.4) is 0 Å². The molecule has 0 spiro atoms. The Balaban J connectivity index is 1.95. The van der Waals surface area contributed by atoms with Gasteiger partial charge in [-0.15, -0.1) is 11.3 Å². The Kier molecular flexibility index (Phi) is 3.61. The second kappa shape index (κ2) is 5.77. The molecule has 0 atom stereocenters. The maximum Gasteiger partial charge on any atom is 0.275 e. The molecular formula is C17H18N4OS. The highest BCUT2D eigenvalue weighted by Gasteiger charge is 2.21. The van der Waals surface area contributed by atoms with Crippen molar-refractivity contribution in [3.05, 3.63) is 40.3 Å². The Bertz CT molecular complexity index is 894. The largest absolute Gasteiger partial charge is 0.354 e. The highest BCUT2D eigenvalue weighted by Crippen LogP contribution is 2.36. The predicted octanol–water partition coefficient (Wildman–Crippen LogP) is 3.05. The van der Waals surface area contributed by atoms with Gasteiger partial charge in [-0.1, -0.05) is 0 Å². The summed E-state index contributed by atoms with van der Waals surface area (Å²) in [5, 5.41) is 7.40. The van der Waals surface area contributed by atoms with Crippen LogP contribution < -0.4 is 10.5 Å². The number of rotatable bonds is 2. The number of anilines is 1. The molecule has 3 aromatic rings. The van der Waals surface area contributed by atoms with Crippen LogP contribution in [0.15, 0.2) is 34.7 Å². The average molecular weight is 326 g/mol. The third-order valence-electron chi connectivity index (χ3n) is 4.39. The van der Waals surface area contributed by atoms with Gasteiger partial charge in [0.25, 0.3) is 5.56 Å². The molecule has 23 heavy (non-hydrogen) atoms. The van der Waals surface area contributed by atoms with E-state index in [1.807, 2.05) is 12.1 Å². The van der Waals surface area contributed by atoms with Gasteiger partial charge in [0, 0.05) is 43.5 Å². The van der Waals surface area contributed by atoms with E-state index in [1.54, 1.807) is 30.8 Å². The van der Waals surface area contributed by atoms with Crippen LogP contribution in [-0.4, -0.2) is 27.9 Å². The second-order valence-electron chi connectivity index (χ2n) is 5.89. The molecule has 0 aliphatic carbocycles. The minimum Gasteiger partial charge on any atom is -0.354 e. The Labute approximate surface area is 138 Å². The lowest BCUT2D eigenvalue weighted by molar-refractivity contribution is 0.566. The Hall–Kier alpha value is -2.21. The van der Waals surface area contributed by atoms with Crippen molar-refractivity contribution in [1.82, 2.24) is 14.8 Å². The molecule has 0 saturated carbocycles. The zero-order chi connectivity index (χ0) is 15.8. The predicted molar refractivity (Wildman–Crippen MR) is 94.2 cm³/mol. The molecule has 1 aliphatic heterocycles. The second-order valence-corrected chi connectivity index (χ2v) is 6.77. The molecule has 1 fully saturated rings. The molecule has 0 radical (unpaired) electrons. The lowest BCUT2D eigenvalue weighted by Gasteiger charge is -2.28. The maximum atomic E-state index is 12.7. The lowest BCUT2D eigenvalue weighted by Crippen LogP contribution is -2.32. The number of hydrogen-bond donors (Lipinski definition) is 0. The molecule has 0 aromatic carbocycles. The van der Waals surface area contributed by atoms with Crippen molar-refractivity contribution in [3.63, 3.8) is 0 Å². The molecule has 1 aliphatic rings. The number of fused-ring (bicyclic) bond motifs is 1. The summed E-state index contributed by atoms with van der Waals surface area (Å²) in [6, 6.07) is 3.89. The fourth-order valence-corrected chi connectivity index (χ4v) is 4.27. The monoisotopic (exact) mass is 326 g/mol. The molecule has 0 N–H and O–H groups in total. The summed E-state index contributed by atoms with van der Waals surface area (Å²) in [6.07, 6.45) is 7.17. The summed E-state index contributed by atoms with van der Waals surface area (Å²) in [6.45, 7) is 2.03. The fourth-order valence-electron chi connectivity index (χ4n) is 3.19. The van der Waals surface area contributed by atoms with Crippen LogP contribution in [-0.2, 0) is 7.05 Å². The van der Waals surface area contributed by atoms with Gasteiger partial charge in [-0.2, -0.15) is 5.10 Å². The van der Waals surface area contributed by atoms with Crippen LogP contribution in [0.4, 0.5) is 5.82 Å². The Morgan fingerprint density at radius 1 is 1.13 bits per heavy atom. The number of piperidine rings is 1. The normalized spacial score (nSPS) is 15.3. The van der Waals surface area contributed by atoms with Crippen LogP contribution in [0.25, 0.3) is 21.2 Å². The van der Waals surface area contributed by atoms with E-state index >= 15 is 0 Å². The van der Waals surface area contributed by atoms with Crippen molar-refractivity contribution in [2.75, 3.05) is 18.0 Å². The number of nitrogens with zero attached hydrogens (tertiary/aromatic N) is 4. The van der Waals surface area contributed by atoms with Crippen molar-refractivity contribution in [3.8, 4) is 11.1 Å². The molecule has 4 heterocycles. The summed E-state index contributed by atoms with van der Waals surface area (Å²) in [5.74, 6) is 0.951. The van der Waals surface area contributed by atoms with Gasteiger partial charge in [-0.25, -0.2) is 4.68 Å². The van der Waals surface area contributed by atoms with Crippen LogP contribution >= 0.6 is 11.3 Å². The van der Waals surface area contributed by atoms with Crippen LogP contribution in [0.5, 0.6) is 0 Å². The van der Waals surface area contributed by atoms with Gasteiger partial charge in [-0.3, -0.25) is 9.78 Å². The number of pyridine rings is 1. The van der Waals surface area contributed by atoms with Crippen LogP contribution in [0.1, 0.15) is 19.3 Å². The third kappa shape index (κ3) is 2.43. The van der Waals surface area contributed by atoms with Crippen molar-refractivity contribution in [1.29, 1.82) is 0 Å². The first-order valence-electron chi connectivity index (χ1n) is 7.89. The smallest absolute Gasteiger partial charge is 0.275 e. The van der Waals surface area contributed by atoms with E-state index in [0.29, 0.717) is 0 Å². The van der Waals surface area contributed by atoms with Crippen LogP contribution in [0.2, 0.25) is 0 Å². The topological polar surface area (TPSA) is 51.0 Å². The minimum atomic E-state index is -0.0335. The first kappa shape index (κ1) is 14.4. The van der Waals surface area contributed by atoms with Gasteiger partial charge < -0.3 is 4.90 Å². The molecular weight excluding hydrogens is 308 g/mol. The molecule has 0 unspecified atom stereocenters. The summed E-state index contributed by atoms with van der Waals surface area (Å²) in [4.78, 5) is 19.1. The van der Waals surface area contributed by atoms with Crippen LogP contribution in [0, 0.1) is 0 Å². The SMILES string of the molecule is Cn1nc(N2CCCCC2)c2scc(-c3ccncc3)c2c1=O. The van der Waals surface area contributed by atoms with Gasteiger partial charge in [-0.05, 0) is 37.0 Å². The van der Waals surface area contributed by atoms with Gasteiger partial charge in [0.15, 0.2) is 5.82 Å². The Morgan fingerprint density at radius 2 is 1.87 bits per heavy atom. The minimum absolute atomic E-state index is 0.0335. The molecule has 6 heteroatoms. The maximum absolute atomic E-state index is 12.7. The summed E-state index contributed by atoms with van der Waals surface area (Å²) < 4.78 is 2.48. The molecule has 0 amide bonds. The van der Waals surface area contributed by atoms with Crippen molar-refractivity contribution >= 4 is 27.2 Å². The quantitative estimate of drug-likeness (QED) is 0.726. The number of aryl methyl sites for hydroxylation is 1. The third-order valence-corrected chi connectivity index (χ3v) is 5.37. The van der Waals surface area contributed by atoms with Gasteiger partial charge >= 0.3 is 0 Å². The molecule has 118 valence electrons. The van der Waals surface area contributed by atoms with E-state index in [0.717, 1.165) is 40.1 Å². The van der Waals surface area contributed by atoms with E-state index in [1.165, 1.54) is 23.9 Å². The van der Waals surface area contributed by atoms with Gasteiger partial charge in [0.2, 0.25) is 0 Å². The van der Waals surface area contributed by atoms with E-state index < -0.39 is 0 Å². The van der Waals surface area contributed by atoms with E-state index in [2.05, 4.69) is 20.4 Å². The van der Waals surface area contributed by atoms with E-state index in [4.69, 9.17) is 0 Å². The molecule has 1 saturated heterocycles. The first-order chi connectivity index (χ1) is 11.3. The zero-order valence-electron chi connectivity index (χ0n) is 13.0. The van der Waals surface area contributed by atoms with Gasteiger partial charge in [0.1, 0.15) is 0 Å². The number of hydrogen-bond acceptors (Lipinski definition) is 5. The van der Waals surface area contributed by atoms with Crippen molar-refractivity contribution < 1.29 is 0 Å². The number of thiophene rings is 1. The highest BCUT2D eigenvalue weighted by molar-refractivity contribution is 7.18. The zero-order valence-corrected chi connectivity index (χ0v) is 13.8. The summed E-state index contributed by atoms with van der Waals surface area (Å²) in [5.41, 5.74) is 1.97. The van der Waals surface area contributed by atoms with E-state index in [9.17, 15) is 4.79 Å². The molecule has 3 aromatic heterocycles. The van der Waals surface area contributed by atoms with Gasteiger partial charge in [0.05, 0.1) is 10.1 Å². The highest BCUT2D eigenvalue weighted by atomic mass is 32.1. The summed E-state index contributed by atoms with van der Waals surface area (Å²) >= 11 is 1.61.